The van der Waals surface area contributed by atoms with Crippen LogP contribution in [0.15, 0.2) is 0 Å². The zero-order valence-electron chi connectivity index (χ0n) is 10.6. The van der Waals surface area contributed by atoms with Gasteiger partial charge in [-0.25, -0.2) is 0 Å². The Morgan fingerprint density at radius 2 is 1.27 bits per heavy atom. The van der Waals surface area contributed by atoms with E-state index >= 15 is 0 Å². The third-order valence-corrected chi connectivity index (χ3v) is 3.20. The van der Waals surface area contributed by atoms with E-state index in [0.29, 0.717) is 0 Å². The van der Waals surface area contributed by atoms with Crippen LogP contribution in [0.1, 0.15) is 46.0 Å². The van der Waals surface area contributed by atoms with Crippen LogP contribution in [0.5, 0.6) is 0 Å². The van der Waals surface area contributed by atoms with Crippen molar-refractivity contribution in [2.45, 2.75) is 46.0 Å². The van der Waals surface area contributed by atoms with Crippen LogP contribution in [0.4, 0.5) is 0 Å². The van der Waals surface area contributed by atoms with Crippen molar-refractivity contribution in [3.63, 3.8) is 0 Å². The summed E-state index contributed by atoms with van der Waals surface area (Å²) in [6, 6.07) is 0. The zero-order valence-corrected chi connectivity index (χ0v) is 12.1. The number of halogens is 2. The van der Waals surface area contributed by atoms with E-state index in [9.17, 15) is 0 Å². The molecule has 1 nitrogen and oxygen atoms in total. The number of rotatable bonds is 9. The lowest BCUT2D eigenvalue weighted by atomic mass is 10.2. The standard InChI is InChI=1S/C12H27ClN.ClH/c1-4-6-10-14(3,11-7-5-2)12-8-9-13;/h4-12H2,1-3H3;1H/q+1;/p-1. The van der Waals surface area contributed by atoms with Crippen LogP contribution in [-0.2, 0) is 0 Å². The number of unbranched alkanes of at least 4 members (excludes halogenated alkanes) is 2. The molecule has 0 unspecified atom stereocenters. The lowest BCUT2D eigenvalue weighted by Gasteiger charge is -2.34. The Balaban J connectivity index is 0. The first-order valence-corrected chi connectivity index (χ1v) is 6.61. The third-order valence-electron chi connectivity index (χ3n) is 2.93. The molecule has 0 aliphatic carbocycles. The Morgan fingerprint density at radius 1 is 0.867 bits per heavy atom. The highest BCUT2D eigenvalue weighted by Crippen LogP contribution is 2.10. The molecule has 0 rings (SSSR count). The molecule has 0 fully saturated rings. The summed E-state index contributed by atoms with van der Waals surface area (Å²) in [4.78, 5) is 0. The Hall–Kier alpha value is 0.540. The maximum absolute atomic E-state index is 5.77. The maximum atomic E-state index is 5.77. The van der Waals surface area contributed by atoms with Crippen molar-refractivity contribution in [2.75, 3.05) is 32.6 Å². The SMILES string of the molecule is CCCC[N+](C)(CCCC)CCCCl.[Cl-]. The van der Waals surface area contributed by atoms with Crippen LogP contribution < -0.4 is 12.4 Å². The summed E-state index contributed by atoms with van der Waals surface area (Å²) >= 11 is 5.77. The number of alkyl halides is 1. The van der Waals surface area contributed by atoms with Crippen molar-refractivity contribution in [1.29, 1.82) is 0 Å². The fraction of sp³-hybridized carbons (Fsp3) is 1.00. The van der Waals surface area contributed by atoms with Gasteiger partial charge in [-0.3, -0.25) is 0 Å². The number of nitrogens with zero attached hydrogens (tertiary/aromatic N) is 1. The molecule has 0 aliphatic rings. The number of hydrogen-bond acceptors (Lipinski definition) is 0. The van der Waals surface area contributed by atoms with E-state index in [0.717, 1.165) is 12.3 Å². The first-order valence-electron chi connectivity index (χ1n) is 6.08. The van der Waals surface area contributed by atoms with Gasteiger partial charge in [0.25, 0.3) is 0 Å². The molecule has 0 aromatic carbocycles. The molecule has 0 spiro atoms. The van der Waals surface area contributed by atoms with Gasteiger partial charge < -0.3 is 16.9 Å². The van der Waals surface area contributed by atoms with Gasteiger partial charge in [-0.2, -0.15) is 0 Å². The van der Waals surface area contributed by atoms with Crippen molar-refractivity contribution in [3.05, 3.63) is 0 Å². The molecule has 0 N–H and O–H groups in total. The van der Waals surface area contributed by atoms with Gasteiger partial charge >= 0.3 is 0 Å². The van der Waals surface area contributed by atoms with E-state index < -0.39 is 0 Å². The van der Waals surface area contributed by atoms with Gasteiger partial charge in [0.05, 0.1) is 26.7 Å². The summed E-state index contributed by atoms with van der Waals surface area (Å²) in [5.41, 5.74) is 0. The Labute approximate surface area is 107 Å². The molecule has 94 valence electrons. The highest BCUT2D eigenvalue weighted by atomic mass is 35.5. The van der Waals surface area contributed by atoms with Crippen LogP contribution >= 0.6 is 11.6 Å². The van der Waals surface area contributed by atoms with Gasteiger partial charge in [-0.05, 0) is 12.8 Å². The normalized spacial score (nSPS) is 11.2. The van der Waals surface area contributed by atoms with Crippen LogP contribution in [0.2, 0.25) is 0 Å². The second-order valence-electron chi connectivity index (χ2n) is 4.54. The Morgan fingerprint density at radius 3 is 1.60 bits per heavy atom. The minimum atomic E-state index is 0. The van der Waals surface area contributed by atoms with E-state index in [1.165, 1.54) is 49.8 Å². The van der Waals surface area contributed by atoms with Crippen molar-refractivity contribution in [3.8, 4) is 0 Å². The zero-order chi connectivity index (χ0) is 10.9. The Kier molecular flexibility index (Phi) is 13.2. The smallest absolute Gasteiger partial charge is 0.0796 e. The average molecular weight is 256 g/mol. The molecule has 0 aromatic rings. The molecule has 0 radical (unpaired) electrons. The molecule has 0 saturated carbocycles. The predicted octanol–water partition coefficient (Wildman–Crippen LogP) is 0.666. The number of hydrogen-bond donors (Lipinski definition) is 0. The maximum Gasteiger partial charge on any atom is 0.0796 e. The summed E-state index contributed by atoms with van der Waals surface area (Å²) < 4.78 is 1.23. The molecule has 0 bridgehead atoms. The van der Waals surface area contributed by atoms with Gasteiger partial charge in [0.1, 0.15) is 0 Å². The molecule has 15 heavy (non-hydrogen) atoms. The molecule has 0 atom stereocenters. The van der Waals surface area contributed by atoms with Crippen LogP contribution in [0.25, 0.3) is 0 Å². The second-order valence-corrected chi connectivity index (χ2v) is 4.92. The van der Waals surface area contributed by atoms with Gasteiger partial charge in [0.15, 0.2) is 0 Å². The minimum Gasteiger partial charge on any atom is -1.00 e. The highest BCUT2D eigenvalue weighted by Gasteiger charge is 2.18. The molecule has 0 saturated heterocycles. The summed E-state index contributed by atoms with van der Waals surface area (Å²) in [6.07, 6.45) is 6.47. The summed E-state index contributed by atoms with van der Waals surface area (Å²) in [5.74, 6) is 0.812. The molecule has 3 heteroatoms. The summed E-state index contributed by atoms with van der Waals surface area (Å²) in [6.45, 7) is 8.45. The molecule has 0 aromatic heterocycles. The lowest BCUT2D eigenvalue weighted by Crippen LogP contribution is -3.00. The van der Waals surface area contributed by atoms with Gasteiger partial charge in [0.2, 0.25) is 0 Å². The third kappa shape index (κ3) is 9.47. The van der Waals surface area contributed by atoms with Gasteiger partial charge in [0, 0.05) is 12.3 Å². The van der Waals surface area contributed by atoms with Crippen LogP contribution in [0.3, 0.4) is 0 Å². The van der Waals surface area contributed by atoms with Gasteiger partial charge in [-0.1, -0.05) is 26.7 Å². The molecule has 0 heterocycles. The molecular weight excluding hydrogens is 229 g/mol. The molecule has 0 amide bonds. The van der Waals surface area contributed by atoms with Crippen molar-refractivity contribution in [2.24, 2.45) is 0 Å². The molecular formula is C12H27Cl2N. The van der Waals surface area contributed by atoms with E-state index in [2.05, 4.69) is 20.9 Å². The van der Waals surface area contributed by atoms with Crippen molar-refractivity contribution in [1.82, 2.24) is 0 Å². The fourth-order valence-electron chi connectivity index (χ4n) is 1.86. The first-order chi connectivity index (χ1) is 6.68. The molecule has 0 aliphatic heterocycles. The summed E-state index contributed by atoms with van der Waals surface area (Å²) in [5, 5.41) is 0. The van der Waals surface area contributed by atoms with E-state index in [4.69, 9.17) is 11.6 Å². The average Bonchev–Trinajstić information content (AvgIpc) is 2.21. The number of quaternary nitrogens is 1. The van der Waals surface area contributed by atoms with Crippen LogP contribution in [0, 0.1) is 0 Å². The van der Waals surface area contributed by atoms with Crippen molar-refractivity contribution < 1.29 is 16.9 Å². The van der Waals surface area contributed by atoms with E-state index in [-0.39, 0.29) is 12.4 Å². The van der Waals surface area contributed by atoms with E-state index in [1.54, 1.807) is 0 Å². The summed E-state index contributed by atoms with van der Waals surface area (Å²) in [7, 11) is 2.39. The largest absolute Gasteiger partial charge is 1.00 e. The topological polar surface area (TPSA) is 0 Å². The second kappa shape index (κ2) is 11.0. The fourth-order valence-corrected chi connectivity index (χ4v) is 1.98. The lowest BCUT2D eigenvalue weighted by molar-refractivity contribution is -0.910. The first kappa shape index (κ1) is 17.9. The Bertz CT molecular complexity index is 107. The quantitative estimate of drug-likeness (QED) is 0.420. The van der Waals surface area contributed by atoms with Crippen LogP contribution in [-0.4, -0.2) is 37.0 Å². The monoisotopic (exact) mass is 255 g/mol. The minimum absolute atomic E-state index is 0. The predicted molar refractivity (Wildman–Crippen MR) is 65.9 cm³/mol. The van der Waals surface area contributed by atoms with Crippen molar-refractivity contribution >= 4 is 11.6 Å². The van der Waals surface area contributed by atoms with Gasteiger partial charge in [-0.15, -0.1) is 11.6 Å². The van der Waals surface area contributed by atoms with E-state index in [1.807, 2.05) is 0 Å². The highest BCUT2D eigenvalue weighted by molar-refractivity contribution is 6.17.